The number of methoxy groups -OCH3 is 1. The molecule has 0 fully saturated rings. The van der Waals surface area contributed by atoms with E-state index in [0.717, 1.165) is 27.7 Å². The van der Waals surface area contributed by atoms with Crippen molar-refractivity contribution < 1.29 is 4.74 Å². The first-order valence-electron chi connectivity index (χ1n) is 8.14. The summed E-state index contributed by atoms with van der Waals surface area (Å²) in [5.41, 5.74) is 3.19. The van der Waals surface area contributed by atoms with E-state index in [0.29, 0.717) is 6.54 Å². The van der Waals surface area contributed by atoms with Gasteiger partial charge in [-0.3, -0.25) is 0 Å². The van der Waals surface area contributed by atoms with Crippen molar-refractivity contribution in [3.8, 4) is 16.3 Å². The molecule has 3 aromatic carbocycles. The van der Waals surface area contributed by atoms with Gasteiger partial charge in [-0.05, 0) is 23.6 Å². The number of anilines is 1. The van der Waals surface area contributed by atoms with Crippen molar-refractivity contribution in [3.63, 3.8) is 0 Å². The first-order chi connectivity index (χ1) is 12.3. The van der Waals surface area contributed by atoms with Crippen LogP contribution in [0.3, 0.4) is 0 Å². The van der Waals surface area contributed by atoms with E-state index in [2.05, 4.69) is 53.2 Å². The lowest BCUT2D eigenvalue weighted by molar-refractivity contribution is 0.416. The molecule has 4 aromatic rings. The lowest BCUT2D eigenvalue weighted by Crippen LogP contribution is -2.00. The first kappa shape index (κ1) is 15.7. The van der Waals surface area contributed by atoms with Gasteiger partial charge in [0.15, 0.2) is 0 Å². The zero-order valence-corrected chi connectivity index (χ0v) is 14.7. The largest absolute Gasteiger partial charge is 0.496 e. The van der Waals surface area contributed by atoms with Crippen LogP contribution in [0.2, 0.25) is 0 Å². The van der Waals surface area contributed by atoms with Gasteiger partial charge in [-0.25, -0.2) is 4.98 Å². The topological polar surface area (TPSA) is 34.1 Å². The van der Waals surface area contributed by atoms with Gasteiger partial charge in [0.25, 0.3) is 0 Å². The molecule has 0 bridgehead atoms. The summed E-state index contributed by atoms with van der Waals surface area (Å²) >= 11 is 1.64. The molecule has 4 rings (SSSR count). The molecule has 0 saturated carbocycles. The number of thiazole rings is 1. The standard InChI is InChI=1S/C21H18N2OS/c1-24-20-12-5-4-10-18(20)21-23-16(14-25-21)13-22-19-11-6-8-15-7-2-3-9-17(15)19/h2-12,14,22H,13H2,1H3. The van der Waals surface area contributed by atoms with Crippen LogP contribution >= 0.6 is 11.3 Å². The zero-order valence-electron chi connectivity index (χ0n) is 13.9. The van der Waals surface area contributed by atoms with Crippen molar-refractivity contribution in [1.82, 2.24) is 4.98 Å². The number of nitrogens with one attached hydrogen (secondary N) is 1. The Kier molecular flexibility index (Phi) is 4.36. The molecule has 4 heteroatoms. The van der Waals surface area contributed by atoms with E-state index in [1.165, 1.54) is 10.8 Å². The van der Waals surface area contributed by atoms with Crippen molar-refractivity contribution in [3.05, 3.63) is 77.8 Å². The molecule has 1 aromatic heterocycles. The van der Waals surface area contributed by atoms with Crippen LogP contribution in [0.1, 0.15) is 5.69 Å². The van der Waals surface area contributed by atoms with Gasteiger partial charge in [-0.2, -0.15) is 0 Å². The molecule has 0 atom stereocenters. The monoisotopic (exact) mass is 346 g/mol. The lowest BCUT2D eigenvalue weighted by Gasteiger charge is -2.08. The van der Waals surface area contributed by atoms with Gasteiger partial charge in [0.1, 0.15) is 10.8 Å². The van der Waals surface area contributed by atoms with Crippen molar-refractivity contribution >= 4 is 27.8 Å². The highest BCUT2D eigenvalue weighted by Gasteiger charge is 2.10. The van der Waals surface area contributed by atoms with E-state index in [1.807, 2.05) is 24.3 Å². The molecular formula is C21H18N2OS. The third-order valence-corrected chi connectivity index (χ3v) is 5.06. The van der Waals surface area contributed by atoms with E-state index in [4.69, 9.17) is 9.72 Å². The first-order valence-corrected chi connectivity index (χ1v) is 9.02. The molecule has 124 valence electrons. The molecule has 0 aliphatic heterocycles. The fourth-order valence-electron chi connectivity index (χ4n) is 2.90. The molecule has 0 radical (unpaired) electrons. The van der Waals surface area contributed by atoms with Crippen molar-refractivity contribution in [2.24, 2.45) is 0 Å². The molecule has 0 saturated heterocycles. The highest BCUT2D eigenvalue weighted by atomic mass is 32.1. The van der Waals surface area contributed by atoms with Crippen molar-refractivity contribution in [2.75, 3.05) is 12.4 Å². The molecule has 3 nitrogen and oxygen atoms in total. The Bertz CT molecular complexity index is 1000. The van der Waals surface area contributed by atoms with Gasteiger partial charge in [0.2, 0.25) is 0 Å². The maximum Gasteiger partial charge on any atom is 0.129 e. The minimum Gasteiger partial charge on any atom is -0.496 e. The summed E-state index contributed by atoms with van der Waals surface area (Å²) in [7, 11) is 1.69. The summed E-state index contributed by atoms with van der Waals surface area (Å²) in [6.07, 6.45) is 0. The number of para-hydroxylation sites is 1. The Balaban J connectivity index is 1.55. The van der Waals surface area contributed by atoms with Gasteiger partial charge in [0.05, 0.1) is 24.9 Å². The van der Waals surface area contributed by atoms with E-state index in [-0.39, 0.29) is 0 Å². The maximum atomic E-state index is 5.44. The Morgan fingerprint density at radius 2 is 1.76 bits per heavy atom. The number of rotatable bonds is 5. The zero-order chi connectivity index (χ0) is 17.1. The molecule has 0 aliphatic rings. The second kappa shape index (κ2) is 6.95. The van der Waals surface area contributed by atoms with E-state index in [9.17, 15) is 0 Å². The summed E-state index contributed by atoms with van der Waals surface area (Å²) in [5, 5.41) is 9.05. The van der Waals surface area contributed by atoms with Crippen molar-refractivity contribution in [1.29, 1.82) is 0 Å². The summed E-state index contributed by atoms with van der Waals surface area (Å²) in [6, 6.07) is 22.7. The summed E-state index contributed by atoms with van der Waals surface area (Å²) in [6.45, 7) is 0.694. The van der Waals surface area contributed by atoms with Crippen LogP contribution in [0.5, 0.6) is 5.75 Å². The van der Waals surface area contributed by atoms with Gasteiger partial charge in [-0.15, -0.1) is 11.3 Å². The van der Waals surface area contributed by atoms with Gasteiger partial charge >= 0.3 is 0 Å². The van der Waals surface area contributed by atoms with Crippen LogP contribution in [0.4, 0.5) is 5.69 Å². The van der Waals surface area contributed by atoms with Crippen LogP contribution in [-0.4, -0.2) is 12.1 Å². The SMILES string of the molecule is COc1ccccc1-c1nc(CNc2cccc3ccccc23)cs1. The smallest absolute Gasteiger partial charge is 0.129 e. The third-order valence-electron chi connectivity index (χ3n) is 4.14. The molecule has 1 heterocycles. The highest BCUT2D eigenvalue weighted by molar-refractivity contribution is 7.13. The van der Waals surface area contributed by atoms with Crippen LogP contribution in [-0.2, 0) is 6.54 Å². The average molecular weight is 346 g/mol. The van der Waals surface area contributed by atoms with E-state index < -0.39 is 0 Å². The number of hydrogen-bond donors (Lipinski definition) is 1. The van der Waals surface area contributed by atoms with E-state index in [1.54, 1.807) is 18.4 Å². The van der Waals surface area contributed by atoms with Crippen LogP contribution < -0.4 is 10.1 Å². The predicted molar refractivity (Wildman–Crippen MR) is 105 cm³/mol. The molecule has 0 amide bonds. The number of fused-ring (bicyclic) bond motifs is 1. The molecule has 1 N–H and O–H groups in total. The Morgan fingerprint density at radius 3 is 2.68 bits per heavy atom. The predicted octanol–water partition coefficient (Wildman–Crippen LogP) is 5.58. The van der Waals surface area contributed by atoms with Crippen LogP contribution in [0, 0.1) is 0 Å². The van der Waals surface area contributed by atoms with E-state index >= 15 is 0 Å². The number of hydrogen-bond acceptors (Lipinski definition) is 4. The Hall–Kier alpha value is -2.85. The summed E-state index contributed by atoms with van der Waals surface area (Å²) < 4.78 is 5.44. The van der Waals surface area contributed by atoms with Gasteiger partial charge < -0.3 is 10.1 Å². The average Bonchev–Trinajstić information content (AvgIpc) is 3.15. The summed E-state index contributed by atoms with van der Waals surface area (Å²) in [4.78, 5) is 4.76. The highest BCUT2D eigenvalue weighted by Crippen LogP contribution is 2.32. The Morgan fingerprint density at radius 1 is 0.960 bits per heavy atom. The fraction of sp³-hybridized carbons (Fsp3) is 0.0952. The minimum absolute atomic E-state index is 0.694. The number of ether oxygens (including phenoxy) is 1. The summed E-state index contributed by atoms with van der Waals surface area (Å²) in [5.74, 6) is 0.852. The maximum absolute atomic E-state index is 5.44. The van der Waals surface area contributed by atoms with Gasteiger partial charge in [0, 0.05) is 16.5 Å². The second-order valence-corrected chi connectivity index (χ2v) is 6.58. The van der Waals surface area contributed by atoms with Crippen molar-refractivity contribution in [2.45, 2.75) is 6.54 Å². The number of nitrogens with zero attached hydrogens (tertiary/aromatic N) is 1. The second-order valence-electron chi connectivity index (χ2n) is 5.72. The normalized spacial score (nSPS) is 10.8. The fourth-order valence-corrected chi connectivity index (χ4v) is 3.75. The third kappa shape index (κ3) is 3.21. The van der Waals surface area contributed by atoms with Crippen LogP contribution in [0.15, 0.2) is 72.1 Å². The molecule has 0 unspecified atom stereocenters. The molecule has 0 aliphatic carbocycles. The lowest BCUT2D eigenvalue weighted by atomic mass is 10.1. The number of aromatic nitrogens is 1. The molecular weight excluding hydrogens is 328 g/mol. The number of benzene rings is 3. The van der Waals surface area contributed by atoms with Crippen LogP contribution in [0.25, 0.3) is 21.3 Å². The quantitative estimate of drug-likeness (QED) is 0.512. The Labute approximate surface area is 150 Å². The minimum atomic E-state index is 0.694. The van der Waals surface area contributed by atoms with Gasteiger partial charge in [-0.1, -0.05) is 48.5 Å². The molecule has 0 spiro atoms. The molecule has 25 heavy (non-hydrogen) atoms.